The summed E-state index contributed by atoms with van der Waals surface area (Å²) < 4.78 is 7.18. The third-order valence-electron chi connectivity index (χ3n) is 5.25. The molecule has 5 nitrogen and oxygen atoms in total. The molecule has 0 bridgehead atoms. The fourth-order valence-corrected chi connectivity index (χ4v) is 3.83. The van der Waals surface area contributed by atoms with E-state index in [9.17, 15) is 9.59 Å². The number of aromatic nitrogens is 1. The Kier molecular flexibility index (Phi) is 4.44. The van der Waals surface area contributed by atoms with Gasteiger partial charge in [0, 0.05) is 36.3 Å². The largest absolute Gasteiger partial charge is 0.462 e. The number of esters is 1. The predicted molar refractivity (Wildman–Crippen MR) is 104 cm³/mol. The first-order chi connectivity index (χ1) is 13.1. The summed E-state index contributed by atoms with van der Waals surface area (Å²) in [6.07, 6.45) is 3.55. The van der Waals surface area contributed by atoms with Gasteiger partial charge in [0.15, 0.2) is 0 Å². The van der Waals surface area contributed by atoms with Gasteiger partial charge in [-0.3, -0.25) is 4.79 Å². The number of para-hydroxylation sites is 1. The Hall–Kier alpha value is -3.08. The fourth-order valence-electron chi connectivity index (χ4n) is 3.83. The quantitative estimate of drug-likeness (QED) is 0.657. The molecule has 0 saturated carbocycles. The highest BCUT2D eigenvalue weighted by Crippen LogP contribution is 2.37. The van der Waals surface area contributed by atoms with Crippen LogP contribution in [0, 0.1) is 0 Å². The molecule has 1 saturated heterocycles. The molecule has 1 fully saturated rings. The summed E-state index contributed by atoms with van der Waals surface area (Å²) in [6.45, 7) is 2.16. The van der Waals surface area contributed by atoms with Crippen LogP contribution in [0.2, 0.25) is 0 Å². The summed E-state index contributed by atoms with van der Waals surface area (Å²) in [5.74, 6) is -0.121. The van der Waals surface area contributed by atoms with Crippen molar-refractivity contribution in [1.29, 1.82) is 0 Å². The molecule has 0 radical (unpaired) electrons. The van der Waals surface area contributed by atoms with Crippen LogP contribution in [0.3, 0.4) is 0 Å². The van der Waals surface area contributed by atoms with Gasteiger partial charge in [-0.05, 0) is 43.7 Å². The van der Waals surface area contributed by atoms with E-state index in [0.29, 0.717) is 18.6 Å². The predicted octanol–water partition coefficient (Wildman–Crippen LogP) is 4.10. The zero-order valence-corrected chi connectivity index (χ0v) is 15.5. The molecule has 1 amide bonds. The third-order valence-corrected chi connectivity index (χ3v) is 5.25. The second-order valence-corrected chi connectivity index (χ2v) is 6.80. The van der Waals surface area contributed by atoms with E-state index >= 15 is 0 Å². The SMILES string of the molecule is CCOC(=O)c1ccc(-n2cc(C3CCC(=O)N3C)c3ccccc32)cc1. The van der Waals surface area contributed by atoms with Crippen LogP contribution in [0.15, 0.2) is 54.7 Å². The molecular formula is C22H22N2O3. The molecule has 2 heterocycles. The highest BCUT2D eigenvalue weighted by Gasteiger charge is 2.31. The van der Waals surface area contributed by atoms with Gasteiger partial charge >= 0.3 is 5.97 Å². The van der Waals surface area contributed by atoms with Crippen molar-refractivity contribution in [2.45, 2.75) is 25.8 Å². The van der Waals surface area contributed by atoms with Gasteiger partial charge in [0.25, 0.3) is 0 Å². The normalized spacial score (nSPS) is 16.9. The van der Waals surface area contributed by atoms with E-state index in [1.54, 1.807) is 19.1 Å². The van der Waals surface area contributed by atoms with Crippen LogP contribution < -0.4 is 0 Å². The second kappa shape index (κ2) is 6.91. The van der Waals surface area contributed by atoms with Crippen molar-refractivity contribution in [2.24, 2.45) is 0 Å². The minimum Gasteiger partial charge on any atom is -0.462 e. The number of nitrogens with zero attached hydrogens (tertiary/aromatic N) is 2. The summed E-state index contributed by atoms with van der Waals surface area (Å²) in [6, 6.07) is 15.7. The number of hydrogen-bond acceptors (Lipinski definition) is 3. The van der Waals surface area contributed by atoms with E-state index in [-0.39, 0.29) is 17.9 Å². The molecule has 1 aromatic heterocycles. The topological polar surface area (TPSA) is 51.5 Å². The average molecular weight is 362 g/mol. The lowest BCUT2D eigenvalue weighted by atomic mass is 10.0. The van der Waals surface area contributed by atoms with E-state index in [0.717, 1.165) is 28.6 Å². The molecule has 1 unspecified atom stereocenters. The monoisotopic (exact) mass is 362 g/mol. The van der Waals surface area contributed by atoms with Gasteiger partial charge in [0.1, 0.15) is 0 Å². The highest BCUT2D eigenvalue weighted by molar-refractivity contribution is 5.90. The Morgan fingerprint density at radius 2 is 1.89 bits per heavy atom. The summed E-state index contributed by atoms with van der Waals surface area (Å²) in [5.41, 5.74) is 3.76. The van der Waals surface area contributed by atoms with Gasteiger partial charge in [-0.25, -0.2) is 4.79 Å². The van der Waals surface area contributed by atoms with E-state index in [4.69, 9.17) is 4.74 Å². The lowest BCUT2D eigenvalue weighted by Gasteiger charge is -2.19. The molecule has 0 aliphatic carbocycles. The minimum atomic E-state index is -0.312. The van der Waals surface area contributed by atoms with Gasteiger partial charge < -0.3 is 14.2 Å². The smallest absolute Gasteiger partial charge is 0.338 e. The number of amides is 1. The van der Waals surface area contributed by atoms with Gasteiger partial charge in [0.2, 0.25) is 5.91 Å². The summed E-state index contributed by atoms with van der Waals surface area (Å²) in [5, 5.41) is 1.15. The fraction of sp³-hybridized carbons (Fsp3) is 0.273. The standard InChI is InChI=1S/C22H22N2O3/c1-3-27-22(26)15-8-10-16(11-9-15)24-14-18(17-6-4-5-7-20(17)24)19-12-13-21(25)23(19)2/h4-11,14,19H,3,12-13H2,1-2H3. The van der Waals surface area contributed by atoms with Gasteiger partial charge in [-0.2, -0.15) is 0 Å². The second-order valence-electron chi connectivity index (χ2n) is 6.80. The number of fused-ring (bicyclic) bond motifs is 1. The van der Waals surface area contributed by atoms with Crippen molar-refractivity contribution in [1.82, 2.24) is 9.47 Å². The maximum atomic E-state index is 12.0. The Labute approximate surface area is 158 Å². The molecule has 1 aliphatic rings. The molecule has 0 N–H and O–H groups in total. The first-order valence-corrected chi connectivity index (χ1v) is 9.23. The van der Waals surface area contributed by atoms with Crippen molar-refractivity contribution in [2.75, 3.05) is 13.7 Å². The summed E-state index contributed by atoms with van der Waals surface area (Å²) >= 11 is 0. The Bertz CT molecular complexity index is 1000. The number of likely N-dealkylation sites (tertiary alicyclic amines) is 1. The zero-order chi connectivity index (χ0) is 19.0. The zero-order valence-electron chi connectivity index (χ0n) is 15.5. The van der Waals surface area contributed by atoms with E-state index in [1.807, 2.05) is 36.2 Å². The Morgan fingerprint density at radius 3 is 2.56 bits per heavy atom. The number of rotatable bonds is 4. The van der Waals surface area contributed by atoms with Gasteiger partial charge in [-0.1, -0.05) is 18.2 Å². The molecule has 1 atom stereocenters. The third kappa shape index (κ3) is 2.99. The maximum Gasteiger partial charge on any atom is 0.338 e. The van der Waals surface area contributed by atoms with Crippen LogP contribution in [-0.4, -0.2) is 35.0 Å². The molecular weight excluding hydrogens is 340 g/mol. The lowest BCUT2D eigenvalue weighted by Crippen LogP contribution is -2.22. The van der Waals surface area contributed by atoms with Gasteiger partial charge in [-0.15, -0.1) is 0 Å². The Balaban J connectivity index is 1.77. The molecule has 138 valence electrons. The number of carbonyl (C=O) groups excluding carboxylic acids is 2. The van der Waals surface area contributed by atoms with Crippen LogP contribution >= 0.6 is 0 Å². The number of hydrogen-bond donors (Lipinski definition) is 0. The molecule has 2 aromatic carbocycles. The van der Waals surface area contributed by atoms with Crippen LogP contribution in [0.1, 0.15) is 41.7 Å². The number of benzene rings is 2. The van der Waals surface area contributed by atoms with Crippen LogP contribution in [0.5, 0.6) is 0 Å². The van der Waals surface area contributed by atoms with Crippen LogP contribution in [0.4, 0.5) is 0 Å². The lowest BCUT2D eigenvalue weighted by molar-refractivity contribution is -0.127. The van der Waals surface area contributed by atoms with E-state index in [1.165, 1.54) is 0 Å². The number of ether oxygens (including phenoxy) is 1. The molecule has 4 rings (SSSR count). The molecule has 3 aromatic rings. The van der Waals surface area contributed by atoms with Crippen molar-refractivity contribution in [3.8, 4) is 5.69 Å². The van der Waals surface area contributed by atoms with Crippen molar-refractivity contribution in [3.63, 3.8) is 0 Å². The first-order valence-electron chi connectivity index (χ1n) is 9.23. The summed E-state index contributed by atoms with van der Waals surface area (Å²) in [7, 11) is 1.88. The van der Waals surface area contributed by atoms with E-state index < -0.39 is 0 Å². The van der Waals surface area contributed by atoms with Crippen molar-refractivity contribution in [3.05, 3.63) is 65.9 Å². The maximum absolute atomic E-state index is 12.0. The molecule has 27 heavy (non-hydrogen) atoms. The minimum absolute atomic E-state index is 0.0995. The van der Waals surface area contributed by atoms with Crippen molar-refractivity contribution >= 4 is 22.8 Å². The van der Waals surface area contributed by atoms with E-state index in [2.05, 4.69) is 22.9 Å². The molecule has 1 aliphatic heterocycles. The number of carbonyl (C=O) groups is 2. The molecule has 5 heteroatoms. The summed E-state index contributed by atoms with van der Waals surface area (Å²) in [4.78, 5) is 25.7. The molecule has 0 spiro atoms. The van der Waals surface area contributed by atoms with Crippen LogP contribution in [0.25, 0.3) is 16.6 Å². The van der Waals surface area contributed by atoms with Gasteiger partial charge in [0.05, 0.1) is 23.7 Å². The first kappa shape index (κ1) is 17.3. The van der Waals surface area contributed by atoms with Crippen molar-refractivity contribution < 1.29 is 14.3 Å². The Morgan fingerprint density at radius 1 is 1.15 bits per heavy atom. The average Bonchev–Trinajstić information content (AvgIpc) is 3.23. The van der Waals surface area contributed by atoms with Crippen LogP contribution in [-0.2, 0) is 9.53 Å². The highest BCUT2D eigenvalue weighted by atomic mass is 16.5.